The average Bonchev–Trinajstić information content (AvgIpc) is 2.84. The second-order valence-corrected chi connectivity index (χ2v) is 9.55. The van der Waals surface area contributed by atoms with E-state index in [-0.39, 0.29) is 17.8 Å². The van der Waals surface area contributed by atoms with Gasteiger partial charge >= 0.3 is 0 Å². The molecule has 0 spiro atoms. The van der Waals surface area contributed by atoms with Crippen molar-refractivity contribution >= 4 is 5.78 Å². The minimum atomic E-state index is -0.0265. The molecule has 1 aliphatic heterocycles. The average molecular weight is 453 g/mol. The third kappa shape index (κ3) is 7.95. The van der Waals surface area contributed by atoms with E-state index in [0.29, 0.717) is 5.92 Å². The molecule has 2 aromatic carbocycles. The van der Waals surface area contributed by atoms with Crippen molar-refractivity contribution in [3.8, 4) is 5.75 Å². The summed E-state index contributed by atoms with van der Waals surface area (Å²) in [5.74, 6) is 1.59. The number of benzene rings is 2. The van der Waals surface area contributed by atoms with E-state index in [0.717, 1.165) is 63.6 Å². The number of methoxy groups -OCH3 is 1. The summed E-state index contributed by atoms with van der Waals surface area (Å²) in [5.41, 5.74) is 2.01. The number of piperazine rings is 1. The second kappa shape index (κ2) is 12.9. The van der Waals surface area contributed by atoms with Crippen LogP contribution in [0.5, 0.6) is 5.75 Å². The number of nitrogens with zero attached hydrogens (tertiary/aromatic N) is 2. The van der Waals surface area contributed by atoms with Gasteiger partial charge in [-0.3, -0.25) is 9.69 Å². The fourth-order valence-electron chi connectivity index (χ4n) is 4.27. The van der Waals surface area contributed by atoms with Gasteiger partial charge in [0.2, 0.25) is 0 Å². The fraction of sp³-hybridized carbons (Fsp3) is 0.536. The lowest BCUT2D eigenvalue weighted by Gasteiger charge is -2.37. The topological polar surface area (TPSA) is 42.0 Å². The molecule has 2 aromatic rings. The van der Waals surface area contributed by atoms with Crippen LogP contribution < -0.4 is 4.74 Å². The highest BCUT2D eigenvalue weighted by atomic mass is 16.5. The Balaban J connectivity index is 1.48. The Bertz CT molecular complexity index is 830. The number of ether oxygens (including phenoxy) is 2. The molecule has 33 heavy (non-hydrogen) atoms. The van der Waals surface area contributed by atoms with Gasteiger partial charge < -0.3 is 14.4 Å². The molecular weight excluding hydrogens is 412 g/mol. The van der Waals surface area contributed by atoms with Gasteiger partial charge in [0.1, 0.15) is 5.75 Å². The fourth-order valence-corrected chi connectivity index (χ4v) is 4.27. The number of Topliss-reactive ketones (excluding diaryl/α,β-unsaturated/α-hetero) is 1. The number of hydrogen-bond donors (Lipinski definition) is 0. The molecule has 3 rings (SSSR count). The molecule has 2 atom stereocenters. The monoisotopic (exact) mass is 452 g/mol. The quantitative estimate of drug-likeness (QED) is 0.427. The van der Waals surface area contributed by atoms with E-state index in [1.165, 1.54) is 5.56 Å². The first-order chi connectivity index (χ1) is 16.0. The van der Waals surface area contributed by atoms with Crippen LogP contribution in [0.25, 0.3) is 0 Å². The molecule has 1 fully saturated rings. The molecule has 0 radical (unpaired) electrons. The highest BCUT2D eigenvalue weighted by Crippen LogP contribution is 2.21. The highest BCUT2D eigenvalue weighted by Gasteiger charge is 2.24. The number of hydrogen-bond acceptors (Lipinski definition) is 5. The van der Waals surface area contributed by atoms with E-state index < -0.39 is 0 Å². The van der Waals surface area contributed by atoms with Gasteiger partial charge in [-0.2, -0.15) is 0 Å². The minimum Gasteiger partial charge on any atom is -0.497 e. The SMILES string of the molecule is COc1ccc(C(=O)C(C)CN2CCN(CC(OCCC(C)C)c3ccccc3)CC2)cc1. The van der Waals surface area contributed by atoms with E-state index in [4.69, 9.17) is 9.47 Å². The summed E-state index contributed by atoms with van der Waals surface area (Å²) in [6, 6.07) is 18.0. The van der Waals surface area contributed by atoms with Crippen LogP contribution in [0.4, 0.5) is 0 Å². The molecule has 5 nitrogen and oxygen atoms in total. The Morgan fingerprint density at radius 3 is 2.06 bits per heavy atom. The van der Waals surface area contributed by atoms with Crippen LogP contribution >= 0.6 is 0 Å². The van der Waals surface area contributed by atoms with Crippen molar-refractivity contribution in [2.45, 2.75) is 33.3 Å². The number of carbonyl (C=O) groups excluding carboxylic acids is 1. The van der Waals surface area contributed by atoms with Crippen molar-refractivity contribution in [2.24, 2.45) is 11.8 Å². The normalized spacial score (nSPS) is 17.1. The Labute approximate surface area is 199 Å². The van der Waals surface area contributed by atoms with Crippen molar-refractivity contribution in [3.05, 3.63) is 65.7 Å². The highest BCUT2D eigenvalue weighted by molar-refractivity contribution is 5.97. The Morgan fingerprint density at radius 2 is 1.48 bits per heavy atom. The van der Waals surface area contributed by atoms with Gasteiger partial charge in [0.25, 0.3) is 0 Å². The van der Waals surface area contributed by atoms with Crippen LogP contribution in [0.3, 0.4) is 0 Å². The van der Waals surface area contributed by atoms with Crippen LogP contribution in [0.2, 0.25) is 0 Å². The van der Waals surface area contributed by atoms with E-state index >= 15 is 0 Å². The van der Waals surface area contributed by atoms with Crippen molar-refractivity contribution < 1.29 is 14.3 Å². The van der Waals surface area contributed by atoms with Gasteiger partial charge in [0.05, 0.1) is 13.2 Å². The molecular formula is C28H40N2O3. The first-order valence-electron chi connectivity index (χ1n) is 12.3. The first-order valence-corrected chi connectivity index (χ1v) is 12.3. The molecule has 0 bridgehead atoms. The van der Waals surface area contributed by atoms with Crippen LogP contribution in [0, 0.1) is 11.8 Å². The zero-order valence-electron chi connectivity index (χ0n) is 20.7. The number of rotatable bonds is 12. The van der Waals surface area contributed by atoms with Crippen molar-refractivity contribution in [3.63, 3.8) is 0 Å². The molecule has 1 heterocycles. The summed E-state index contributed by atoms with van der Waals surface area (Å²) in [7, 11) is 1.64. The summed E-state index contributed by atoms with van der Waals surface area (Å²) in [4.78, 5) is 17.8. The van der Waals surface area contributed by atoms with Gasteiger partial charge in [-0.15, -0.1) is 0 Å². The van der Waals surface area contributed by atoms with Crippen LogP contribution in [-0.4, -0.2) is 68.6 Å². The molecule has 1 aliphatic rings. The lowest BCUT2D eigenvalue weighted by Crippen LogP contribution is -2.49. The predicted octanol–water partition coefficient (Wildman–Crippen LogP) is 4.94. The van der Waals surface area contributed by atoms with Crippen LogP contribution in [0.1, 0.15) is 49.2 Å². The molecule has 0 saturated carbocycles. The molecule has 0 aromatic heterocycles. The van der Waals surface area contributed by atoms with Crippen molar-refractivity contribution in [1.82, 2.24) is 9.80 Å². The van der Waals surface area contributed by atoms with E-state index in [2.05, 4.69) is 54.0 Å². The first kappa shape index (κ1) is 25.4. The molecule has 2 unspecified atom stereocenters. The number of ketones is 1. The van der Waals surface area contributed by atoms with Gasteiger partial charge in [-0.1, -0.05) is 51.1 Å². The molecule has 1 saturated heterocycles. The van der Waals surface area contributed by atoms with Gasteiger partial charge in [0.15, 0.2) is 5.78 Å². The zero-order chi connectivity index (χ0) is 23.6. The summed E-state index contributed by atoms with van der Waals surface area (Å²) < 4.78 is 11.5. The maximum Gasteiger partial charge on any atom is 0.166 e. The lowest BCUT2D eigenvalue weighted by molar-refractivity contribution is 0.00702. The molecule has 0 aliphatic carbocycles. The number of carbonyl (C=O) groups is 1. The lowest BCUT2D eigenvalue weighted by atomic mass is 9.98. The third-order valence-corrected chi connectivity index (χ3v) is 6.43. The van der Waals surface area contributed by atoms with Crippen molar-refractivity contribution in [2.75, 3.05) is 53.0 Å². The Morgan fingerprint density at radius 1 is 0.879 bits per heavy atom. The third-order valence-electron chi connectivity index (χ3n) is 6.43. The summed E-state index contributed by atoms with van der Waals surface area (Å²) in [6.07, 6.45) is 1.18. The smallest absolute Gasteiger partial charge is 0.166 e. The molecule has 0 N–H and O–H groups in total. The summed E-state index contributed by atoms with van der Waals surface area (Å²) in [5, 5.41) is 0. The molecule has 180 valence electrons. The predicted molar refractivity (Wildman–Crippen MR) is 134 cm³/mol. The second-order valence-electron chi connectivity index (χ2n) is 9.55. The Kier molecular flexibility index (Phi) is 9.92. The maximum atomic E-state index is 12.8. The summed E-state index contributed by atoms with van der Waals surface area (Å²) in [6.45, 7) is 13.0. The maximum absolute atomic E-state index is 12.8. The standard InChI is InChI=1S/C28H40N2O3/c1-22(2)14-19-33-27(24-8-6-5-7-9-24)21-30-17-15-29(16-18-30)20-23(3)28(31)25-10-12-26(32-4)13-11-25/h5-13,22-23,27H,14-21H2,1-4H3. The van der Waals surface area contributed by atoms with E-state index in [9.17, 15) is 4.79 Å². The molecule has 5 heteroatoms. The molecule has 0 amide bonds. The van der Waals surface area contributed by atoms with Gasteiger partial charge in [-0.05, 0) is 42.2 Å². The van der Waals surface area contributed by atoms with Gasteiger partial charge in [-0.25, -0.2) is 0 Å². The summed E-state index contributed by atoms with van der Waals surface area (Å²) >= 11 is 0. The van der Waals surface area contributed by atoms with Crippen molar-refractivity contribution in [1.29, 1.82) is 0 Å². The van der Waals surface area contributed by atoms with Crippen LogP contribution in [0.15, 0.2) is 54.6 Å². The van der Waals surface area contributed by atoms with E-state index in [1.807, 2.05) is 31.2 Å². The minimum absolute atomic E-state index is 0.0265. The zero-order valence-corrected chi connectivity index (χ0v) is 20.7. The van der Waals surface area contributed by atoms with E-state index in [1.54, 1.807) is 7.11 Å². The van der Waals surface area contributed by atoms with Gasteiger partial charge in [0, 0.05) is 57.4 Å². The largest absolute Gasteiger partial charge is 0.497 e. The van der Waals surface area contributed by atoms with Crippen LogP contribution in [-0.2, 0) is 4.74 Å². The Hall–Kier alpha value is -2.21.